The molecule has 2 rings (SSSR count). The van der Waals surface area contributed by atoms with Crippen molar-refractivity contribution in [3.05, 3.63) is 0 Å². The summed E-state index contributed by atoms with van der Waals surface area (Å²) < 4.78 is 0. The van der Waals surface area contributed by atoms with Crippen molar-refractivity contribution in [3.8, 4) is 0 Å². The van der Waals surface area contributed by atoms with Gasteiger partial charge in [-0.2, -0.15) is 0 Å². The van der Waals surface area contributed by atoms with Crippen molar-refractivity contribution in [2.75, 3.05) is 6.54 Å². The average molecular weight is 252 g/mol. The van der Waals surface area contributed by atoms with Crippen LogP contribution in [0.25, 0.3) is 0 Å². The summed E-state index contributed by atoms with van der Waals surface area (Å²) in [5, 5.41) is 0. The van der Waals surface area contributed by atoms with Gasteiger partial charge in [0.1, 0.15) is 12.1 Å². The van der Waals surface area contributed by atoms with Crippen molar-refractivity contribution >= 4 is 11.8 Å². The third-order valence-corrected chi connectivity index (χ3v) is 4.07. The largest absolute Gasteiger partial charge is 0.329 e. The van der Waals surface area contributed by atoms with Crippen molar-refractivity contribution < 1.29 is 9.59 Å². The van der Waals surface area contributed by atoms with Gasteiger partial charge in [-0.1, -0.05) is 13.8 Å². The van der Waals surface area contributed by atoms with E-state index in [1.807, 2.05) is 37.5 Å². The van der Waals surface area contributed by atoms with Crippen LogP contribution in [-0.4, -0.2) is 46.3 Å². The van der Waals surface area contributed by atoms with Crippen LogP contribution in [0.3, 0.4) is 0 Å². The first kappa shape index (κ1) is 13.4. The summed E-state index contributed by atoms with van der Waals surface area (Å²) in [6, 6.07) is -0.367. The van der Waals surface area contributed by atoms with Gasteiger partial charge in [0.2, 0.25) is 11.8 Å². The molecular weight excluding hydrogens is 228 g/mol. The van der Waals surface area contributed by atoms with E-state index in [0.29, 0.717) is 0 Å². The van der Waals surface area contributed by atoms with Gasteiger partial charge in [0, 0.05) is 12.6 Å². The highest BCUT2D eigenvalue weighted by Gasteiger charge is 2.48. The predicted octanol–water partition coefficient (Wildman–Crippen LogP) is 1.64. The van der Waals surface area contributed by atoms with E-state index in [0.717, 1.165) is 25.8 Å². The average Bonchev–Trinajstić information content (AvgIpc) is 2.32. The third kappa shape index (κ3) is 2.02. The summed E-state index contributed by atoms with van der Waals surface area (Å²) in [5.41, 5.74) is 0. The second-order valence-electron chi connectivity index (χ2n) is 6.07. The number of amides is 2. The minimum absolute atomic E-state index is 0.0953. The van der Waals surface area contributed by atoms with E-state index >= 15 is 0 Å². The number of fused-ring (bicyclic) bond motifs is 1. The van der Waals surface area contributed by atoms with Gasteiger partial charge in [-0.15, -0.1) is 0 Å². The summed E-state index contributed by atoms with van der Waals surface area (Å²) >= 11 is 0. The molecular formula is C14H24N2O2. The first-order valence-electron chi connectivity index (χ1n) is 7.07. The number of hydrogen-bond donors (Lipinski definition) is 0. The van der Waals surface area contributed by atoms with E-state index in [1.54, 1.807) is 0 Å². The van der Waals surface area contributed by atoms with E-state index in [4.69, 9.17) is 0 Å². The molecule has 0 radical (unpaired) electrons. The molecule has 2 heterocycles. The Morgan fingerprint density at radius 1 is 1.06 bits per heavy atom. The zero-order chi connectivity index (χ0) is 13.4. The number of nitrogens with zero attached hydrogens (tertiary/aromatic N) is 2. The van der Waals surface area contributed by atoms with Gasteiger partial charge < -0.3 is 9.80 Å². The van der Waals surface area contributed by atoms with Gasteiger partial charge in [-0.05, 0) is 39.0 Å². The number of piperidine rings is 1. The Morgan fingerprint density at radius 3 is 2.28 bits per heavy atom. The molecule has 2 amide bonds. The van der Waals surface area contributed by atoms with Gasteiger partial charge in [0.05, 0.1) is 0 Å². The second kappa shape index (κ2) is 4.90. The summed E-state index contributed by atoms with van der Waals surface area (Å²) in [4.78, 5) is 28.8. The summed E-state index contributed by atoms with van der Waals surface area (Å²) in [5.74, 6) is 0.484. The van der Waals surface area contributed by atoms with Gasteiger partial charge in [0.15, 0.2) is 0 Å². The number of piperazine rings is 1. The number of hydrogen-bond acceptors (Lipinski definition) is 2. The van der Waals surface area contributed by atoms with Gasteiger partial charge in [-0.3, -0.25) is 9.59 Å². The standard InChI is InChI=1S/C14H24N2O2/c1-9(2)12-14(18)15-8-6-5-7-11(15)13(17)16(12)10(3)4/h9-12H,5-8H2,1-4H3. The molecule has 2 aliphatic heterocycles. The van der Waals surface area contributed by atoms with Crippen LogP contribution < -0.4 is 0 Å². The monoisotopic (exact) mass is 252 g/mol. The fraction of sp³-hybridized carbons (Fsp3) is 0.857. The Hall–Kier alpha value is -1.06. The lowest BCUT2D eigenvalue weighted by Crippen LogP contribution is -2.68. The molecule has 4 nitrogen and oxygen atoms in total. The van der Waals surface area contributed by atoms with Crippen molar-refractivity contribution in [2.24, 2.45) is 5.92 Å². The highest BCUT2D eigenvalue weighted by molar-refractivity contribution is 5.97. The van der Waals surface area contributed by atoms with Crippen LogP contribution in [0.5, 0.6) is 0 Å². The van der Waals surface area contributed by atoms with Gasteiger partial charge in [0.25, 0.3) is 0 Å². The topological polar surface area (TPSA) is 40.6 Å². The van der Waals surface area contributed by atoms with Gasteiger partial charge in [-0.25, -0.2) is 0 Å². The predicted molar refractivity (Wildman–Crippen MR) is 70.0 cm³/mol. The van der Waals surface area contributed by atoms with Crippen LogP contribution in [0.2, 0.25) is 0 Å². The van der Waals surface area contributed by atoms with E-state index in [1.165, 1.54) is 0 Å². The fourth-order valence-corrected chi connectivity index (χ4v) is 3.23. The van der Waals surface area contributed by atoms with Crippen LogP contribution in [0.4, 0.5) is 0 Å². The molecule has 2 saturated heterocycles. The van der Waals surface area contributed by atoms with Crippen LogP contribution in [0.1, 0.15) is 47.0 Å². The van der Waals surface area contributed by atoms with Crippen LogP contribution in [0.15, 0.2) is 0 Å². The Kier molecular flexibility index (Phi) is 3.64. The summed E-state index contributed by atoms with van der Waals surface area (Å²) in [7, 11) is 0. The zero-order valence-electron chi connectivity index (χ0n) is 11.8. The molecule has 2 unspecified atom stereocenters. The fourth-order valence-electron chi connectivity index (χ4n) is 3.23. The molecule has 0 N–H and O–H groups in total. The summed E-state index contributed by atoms with van der Waals surface area (Å²) in [6.45, 7) is 8.80. The van der Waals surface area contributed by atoms with E-state index < -0.39 is 0 Å². The van der Waals surface area contributed by atoms with E-state index in [9.17, 15) is 9.59 Å². The number of carbonyl (C=O) groups is 2. The first-order valence-corrected chi connectivity index (χ1v) is 7.07. The Morgan fingerprint density at radius 2 is 1.72 bits per heavy atom. The lowest BCUT2D eigenvalue weighted by molar-refractivity contribution is -0.168. The molecule has 0 aliphatic carbocycles. The normalized spacial score (nSPS) is 29.2. The molecule has 2 fully saturated rings. The van der Waals surface area contributed by atoms with Crippen molar-refractivity contribution in [2.45, 2.75) is 65.1 Å². The van der Waals surface area contributed by atoms with Gasteiger partial charge >= 0.3 is 0 Å². The molecule has 0 bridgehead atoms. The zero-order valence-corrected chi connectivity index (χ0v) is 11.8. The minimum Gasteiger partial charge on any atom is -0.329 e. The molecule has 0 aromatic carbocycles. The highest BCUT2D eigenvalue weighted by atomic mass is 16.2. The quantitative estimate of drug-likeness (QED) is 0.749. The number of rotatable bonds is 2. The van der Waals surface area contributed by atoms with E-state index in [-0.39, 0.29) is 35.9 Å². The second-order valence-corrected chi connectivity index (χ2v) is 6.07. The first-order chi connectivity index (χ1) is 8.45. The van der Waals surface area contributed by atoms with Crippen molar-refractivity contribution in [1.82, 2.24) is 9.80 Å². The third-order valence-electron chi connectivity index (χ3n) is 4.07. The van der Waals surface area contributed by atoms with Crippen LogP contribution in [0, 0.1) is 5.92 Å². The molecule has 102 valence electrons. The smallest absolute Gasteiger partial charge is 0.246 e. The highest BCUT2D eigenvalue weighted by Crippen LogP contribution is 2.30. The minimum atomic E-state index is -0.271. The molecule has 2 aliphatic rings. The van der Waals surface area contributed by atoms with Crippen molar-refractivity contribution in [1.29, 1.82) is 0 Å². The molecule has 0 saturated carbocycles. The lowest BCUT2D eigenvalue weighted by Gasteiger charge is -2.49. The van der Waals surface area contributed by atoms with E-state index in [2.05, 4.69) is 0 Å². The van der Waals surface area contributed by atoms with Crippen LogP contribution in [-0.2, 0) is 9.59 Å². The Labute approximate surface area is 109 Å². The lowest BCUT2D eigenvalue weighted by atomic mass is 9.90. The maximum atomic E-state index is 12.6. The van der Waals surface area contributed by atoms with Crippen LogP contribution >= 0.6 is 0 Å². The molecule has 4 heteroatoms. The molecule has 0 spiro atoms. The Balaban J connectivity index is 2.34. The molecule has 2 atom stereocenters. The van der Waals surface area contributed by atoms with Crippen molar-refractivity contribution in [3.63, 3.8) is 0 Å². The number of carbonyl (C=O) groups excluding carboxylic acids is 2. The summed E-state index contributed by atoms with van der Waals surface area (Å²) in [6.07, 6.45) is 2.92. The maximum Gasteiger partial charge on any atom is 0.246 e. The maximum absolute atomic E-state index is 12.6. The molecule has 0 aromatic rings. The SMILES string of the molecule is CC(C)C1C(=O)N2CCCCC2C(=O)N1C(C)C. The Bertz CT molecular complexity index is 318. The molecule has 18 heavy (non-hydrogen) atoms. The molecule has 0 aromatic heterocycles.